The van der Waals surface area contributed by atoms with Gasteiger partial charge in [0.05, 0.1) is 23.1 Å². The number of alkyl halides is 3. The molecule has 0 saturated heterocycles. The van der Waals surface area contributed by atoms with Gasteiger partial charge in [0, 0.05) is 11.0 Å². The molecule has 4 nitrogen and oxygen atoms in total. The molecule has 0 radical (unpaired) electrons. The normalized spacial score (nSPS) is 11.8. The third-order valence-electron chi connectivity index (χ3n) is 2.68. The number of hydrogen-bond acceptors (Lipinski definition) is 3. The Kier molecular flexibility index (Phi) is 4.44. The molecule has 0 amide bonds. The zero-order valence-corrected chi connectivity index (χ0v) is 12.2. The van der Waals surface area contributed by atoms with Gasteiger partial charge in [-0.2, -0.15) is 13.2 Å². The lowest BCUT2D eigenvalue weighted by molar-refractivity contribution is -0.138. The SMILES string of the molecule is CCNCc1cnnn1-c1ccc(Br)c(C(F)(F)F)c1. The zero-order valence-electron chi connectivity index (χ0n) is 10.6. The van der Waals surface area contributed by atoms with E-state index in [1.165, 1.54) is 16.9 Å². The Hall–Kier alpha value is -1.41. The van der Waals surface area contributed by atoms with Crippen molar-refractivity contribution in [2.45, 2.75) is 19.6 Å². The highest BCUT2D eigenvalue weighted by Gasteiger charge is 2.33. The summed E-state index contributed by atoms with van der Waals surface area (Å²) in [4.78, 5) is 0. The summed E-state index contributed by atoms with van der Waals surface area (Å²) in [6, 6.07) is 3.97. The Bertz CT molecular complexity index is 595. The number of nitrogens with zero attached hydrogens (tertiary/aromatic N) is 3. The topological polar surface area (TPSA) is 42.7 Å². The highest BCUT2D eigenvalue weighted by atomic mass is 79.9. The fourth-order valence-electron chi connectivity index (χ4n) is 1.71. The maximum absolute atomic E-state index is 12.9. The second-order valence-electron chi connectivity index (χ2n) is 4.08. The van der Waals surface area contributed by atoms with E-state index in [0.717, 1.165) is 12.6 Å². The third-order valence-corrected chi connectivity index (χ3v) is 3.37. The molecule has 0 unspecified atom stereocenters. The molecular formula is C12H12BrF3N4. The van der Waals surface area contributed by atoms with Gasteiger partial charge in [-0.15, -0.1) is 5.10 Å². The van der Waals surface area contributed by atoms with Crippen molar-refractivity contribution in [3.05, 3.63) is 40.1 Å². The molecule has 108 valence electrons. The zero-order chi connectivity index (χ0) is 14.8. The molecule has 1 heterocycles. The largest absolute Gasteiger partial charge is 0.417 e. The number of halogens is 4. The number of benzene rings is 1. The average molecular weight is 349 g/mol. The molecule has 0 fully saturated rings. The summed E-state index contributed by atoms with van der Waals surface area (Å²) in [5.41, 5.74) is 0.285. The van der Waals surface area contributed by atoms with Crippen molar-refractivity contribution in [3.63, 3.8) is 0 Å². The van der Waals surface area contributed by atoms with Crippen LogP contribution < -0.4 is 5.32 Å². The number of rotatable bonds is 4. The first-order chi connectivity index (χ1) is 9.43. The number of aromatic nitrogens is 3. The van der Waals surface area contributed by atoms with E-state index in [-0.39, 0.29) is 4.47 Å². The van der Waals surface area contributed by atoms with Gasteiger partial charge < -0.3 is 5.32 Å². The van der Waals surface area contributed by atoms with Crippen LogP contribution in [0.1, 0.15) is 18.2 Å². The molecule has 0 bridgehead atoms. The van der Waals surface area contributed by atoms with Crippen molar-refractivity contribution >= 4 is 15.9 Å². The summed E-state index contributed by atoms with van der Waals surface area (Å²) in [5, 5.41) is 10.7. The van der Waals surface area contributed by atoms with Crippen molar-refractivity contribution in [1.82, 2.24) is 20.3 Å². The Morgan fingerprint density at radius 1 is 1.35 bits per heavy atom. The van der Waals surface area contributed by atoms with Gasteiger partial charge >= 0.3 is 6.18 Å². The molecule has 0 atom stereocenters. The highest BCUT2D eigenvalue weighted by Crippen LogP contribution is 2.35. The van der Waals surface area contributed by atoms with Crippen LogP contribution in [0.15, 0.2) is 28.9 Å². The van der Waals surface area contributed by atoms with Crippen molar-refractivity contribution < 1.29 is 13.2 Å². The van der Waals surface area contributed by atoms with Crippen LogP contribution in [0.2, 0.25) is 0 Å². The maximum Gasteiger partial charge on any atom is 0.417 e. The van der Waals surface area contributed by atoms with Crippen molar-refractivity contribution in [2.24, 2.45) is 0 Å². The van der Waals surface area contributed by atoms with Crippen molar-refractivity contribution in [2.75, 3.05) is 6.54 Å². The molecule has 8 heteroatoms. The summed E-state index contributed by atoms with van der Waals surface area (Å²) in [7, 11) is 0. The molecule has 1 aromatic heterocycles. The second-order valence-corrected chi connectivity index (χ2v) is 4.93. The van der Waals surface area contributed by atoms with Gasteiger partial charge in [-0.3, -0.25) is 0 Å². The molecule has 0 saturated carbocycles. The predicted octanol–water partition coefficient (Wildman–Crippen LogP) is 3.16. The molecule has 20 heavy (non-hydrogen) atoms. The number of hydrogen-bond donors (Lipinski definition) is 1. The van der Waals surface area contributed by atoms with Crippen molar-refractivity contribution in [3.8, 4) is 5.69 Å². The molecule has 0 aliphatic heterocycles. The minimum Gasteiger partial charge on any atom is -0.311 e. The van der Waals surface area contributed by atoms with E-state index < -0.39 is 11.7 Å². The second kappa shape index (κ2) is 5.92. The summed E-state index contributed by atoms with van der Waals surface area (Å²) >= 11 is 2.91. The van der Waals surface area contributed by atoms with Gasteiger partial charge in [0.1, 0.15) is 0 Å². The molecular weight excluding hydrogens is 337 g/mol. The summed E-state index contributed by atoms with van der Waals surface area (Å²) in [5.74, 6) is 0. The Balaban J connectivity index is 2.41. The monoisotopic (exact) mass is 348 g/mol. The first-order valence-corrected chi connectivity index (χ1v) is 6.70. The predicted molar refractivity (Wildman–Crippen MR) is 71.4 cm³/mol. The van der Waals surface area contributed by atoms with Gasteiger partial charge in [0.15, 0.2) is 0 Å². The van der Waals surface area contributed by atoms with Crippen LogP contribution in [0.3, 0.4) is 0 Å². The van der Waals surface area contributed by atoms with E-state index >= 15 is 0 Å². The summed E-state index contributed by atoms with van der Waals surface area (Å²) < 4.78 is 40.1. The molecule has 0 aliphatic rings. The van der Waals surface area contributed by atoms with E-state index in [1.807, 2.05) is 6.92 Å². The molecule has 2 rings (SSSR count). The fourth-order valence-corrected chi connectivity index (χ4v) is 2.18. The Morgan fingerprint density at radius 3 is 2.75 bits per heavy atom. The van der Waals surface area contributed by atoms with E-state index in [1.54, 1.807) is 6.07 Å². The first-order valence-electron chi connectivity index (χ1n) is 5.91. The van der Waals surface area contributed by atoms with Crippen LogP contribution in [0.4, 0.5) is 13.2 Å². The molecule has 1 aromatic carbocycles. The third kappa shape index (κ3) is 3.18. The lowest BCUT2D eigenvalue weighted by atomic mass is 10.2. The van der Waals surface area contributed by atoms with Gasteiger partial charge in [0.2, 0.25) is 0 Å². The van der Waals surface area contributed by atoms with E-state index in [0.29, 0.717) is 17.9 Å². The van der Waals surface area contributed by atoms with Crippen LogP contribution in [-0.4, -0.2) is 21.5 Å². The molecule has 0 aliphatic carbocycles. The van der Waals surface area contributed by atoms with Crippen LogP contribution in [-0.2, 0) is 12.7 Å². The summed E-state index contributed by atoms with van der Waals surface area (Å²) in [6.45, 7) is 3.18. The van der Waals surface area contributed by atoms with Crippen LogP contribution in [0, 0.1) is 0 Å². The average Bonchev–Trinajstić information content (AvgIpc) is 2.84. The molecule has 0 spiro atoms. The lowest BCUT2D eigenvalue weighted by Crippen LogP contribution is -2.16. The minimum absolute atomic E-state index is 0.00194. The van der Waals surface area contributed by atoms with Crippen molar-refractivity contribution in [1.29, 1.82) is 0 Å². The summed E-state index contributed by atoms with van der Waals surface area (Å²) in [6.07, 6.45) is -2.89. The van der Waals surface area contributed by atoms with Gasteiger partial charge in [-0.1, -0.05) is 28.1 Å². The Labute approximate surface area is 122 Å². The lowest BCUT2D eigenvalue weighted by Gasteiger charge is -2.12. The van der Waals surface area contributed by atoms with Crippen LogP contribution in [0.5, 0.6) is 0 Å². The van der Waals surface area contributed by atoms with E-state index in [2.05, 4.69) is 31.6 Å². The van der Waals surface area contributed by atoms with E-state index in [4.69, 9.17) is 0 Å². The van der Waals surface area contributed by atoms with Crippen LogP contribution in [0.25, 0.3) is 5.69 Å². The number of nitrogens with one attached hydrogen (secondary N) is 1. The Morgan fingerprint density at radius 2 is 2.10 bits per heavy atom. The molecule has 2 aromatic rings. The smallest absolute Gasteiger partial charge is 0.311 e. The standard InChI is InChI=1S/C12H12BrF3N4/c1-2-17-6-9-7-18-19-20(9)8-3-4-11(13)10(5-8)12(14,15)16/h3-5,7,17H,2,6H2,1H3. The molecule has 1 N–H and O–H groups in total. The van der Waals surface area contributed by atoms with Gasteiger partial charge in [0.25, 0.3) is 0 Å². The maximum atomic E-state index is 12.9. The quantitative estimate of drug-likeness (QED) is 0.922. The minimum atomic E-state index is -4.42. The van der Waals surface area contributed by atoms with Gasteiger partial charge in [-0.25, -0.2) is 4.68 Å². The van der Waals surface area contributed by atoms with Gasteiger partial charge in [-0.05, 0) is 24.7 Å². The van der Waals surface area contributed by atoms with E-state index in [9.17, 15) is 13.2 Å². The fraction of sp³-hybridized carbons (Fsp3) is 0.333. The highest BCUT2D eigenvalue weighted by molar-refractivity contribution is 9.10. The van der Waals surface area contributed by atoms with Crippen LogP contribution >= 0.6 is 15.9 Å². The first kappa shape index (κ1) is 15.0.